The smallest absolute Gasteiger partial charge is 0.404 e. The third kappa shape index (κ3) is 3.15. The van der Waals surface area contributed by atoms with Gasteiger partial charge < -0.3 is 9.84 Å². The summed E-state index contributed by atoms with van der Waals surface area (Å²) in [5.41, 5.74) is 0.228. The normalized spacial score (nSPS) is 11.5. The number of hydrogen-bond donors (Lipinski definition) is 1. The van der Waals surface area contributed by atoms with Gasteiger partial charge in [0.05, 0.1) is 12.8 Å². The molecule has 0 aliphatic carbocycles. The first kappa shape index (κ1) is 11.3. The van der Waals surface area contributed by atoms with Crippen LogP contribution in [0.2, 0.25) is 0 Å². The Labute approximate surface area is 85.7 Å². The predicted octanol–water partition coefficient (Wildman–Crippen LogP) is 2.24. The first-order valence-electron chi connectivity index (χ1n) is 3.43. The molecule has 0 aliphatic rings. The number of rotatable bonds is 2. The molecule has 1 aromatic heterocycles. The maximum Gasteiger partial charge on any atom is 0.573 e. The number of hydrogen-bond acceptors (Lipinski definition) is 3. The van der Waals surface area contributed by atoms with E-state index in [0.29, 0.717) is 0 Å². The first-order valence-corrected chi connectivity index (χ1v) is 4.22. The molecular formula is C7H5BrF3NO2. The van der Waals surface area contributed by atoms with Gasteiger partial charge in [-0.1, -0.05) is 0 Å². The van der Waals surface area contributed by atoms with Crippen molar-refractivity contribution in [2.75, 3.05) is 0 Å². The van der Waals surface area contributed by atoms with Gasteiger partial charge in [-0.3, -0.25) is 0 Å². The molecule has 0 spiro atoms. The lowest BCUT2D eigenvalue weighted by Gasteiger charge is -2.09. The molecular weight excluding hydrogens is 267 g/mol. The Morgan fingerprint density at radius 2 is 2.14 bits per heavy atom. The van der Waals surface area contributed by atoms with Crippen molar-refractivity contribution in [3.63, 3.8) is 0 Å². The molecule has 78 valence electrons. The largest absolute Gasteiger partial charge is 0.573 e. The van der Waals surface area contributed by atoms with Crippen LogP contribution in [0.3, 0.4) is 0 Å². The van der Waals surface area contributed by atoms with Gasteiger partial charge in [0, 0.05) is 5.56 Å². The highest BCUT2D eigenvalue weighted by molar-refractivity contribution is 9.10. The number of alkyl halides is 3. The quantitative estimate of drug-likeness (QED) is 0.839. The number of halogens is 4. The van der Waals surface area contributed by atoms with Crippen molar-refractivity contribution >= 4 is 15.9 Å². The molecule has 0 aromatic carbocycles. The lowest BCUT2D eigenvalue weighted by molar-refractivity contribution is -0.274. The van der Waals surface area contributed by atoms with Crippen LogP contribution in [-0.2, 0) is 6.61 Å². The van der Waals surface area contributed by atoms with Gasteiger partial charge in [-0.2, -0.15) is 0 Å². The number of aliphatic hydroxyl groups is 1. The Hall–Kier alpha value is -0.820. The van der Waals surface area contributed by atoms with Crippen molar-refractivity contribution in [2.45, 2.75) is 13.0 Å². The van der Waals surface area contributed by atoms with Crippen molar-refractivity contribution in [1.29, 1.82) is 0 Å². The Morgan fingerprint density at radius 1 is 1.50 bits per heavy atom. The molecule has 0 aliphatic heterocycles. The molecule has 0 fully saturated rings. The fraction of sp³-hybridized carbons (Fsp3) is 0.286. The molecule has 3 nitrogen and oxygen atoms in total. The second-order valence-electron chi connectivity index (χ2n) is 2.33. The molecule has 1 rings (SSSR count). The molecule has 0 atom stereocenters. The molecule has 1 N–H and O–H groups in total. The standard InChI is InChI=1S/C7H5BrF3NO2/c8-6-4(3-13)1-5(2-12-6)14-7(9,10)11/h1-2,13H,3H2. The van der Waals surface area contributed by atoms with Crippen LogP contribution in [-0.4, -0.2) is 16.5 Å². The molecule has 0 unspecified atom stereocenters. The second kappa shape index (κ2) is 4.14. The summed E-state index contributed by atoms with van der Waals surface area (Å²) in [6.07, 6.45) is -3.83. The molecule has 14 heavy (non-hydrogen) atoms. The summed E-state index contributed by atoms with van der Waals surface area (Å²) < 4.78 is 39.2. The van der Waals surface area contributed by atoms with Crippen molar-refractivity contribution in [1.82, 2.24) is 4.98 Å². The Morgan fingerprint density at radius 3 is 2.64 bits per heavy atom. The highest BCUT2D eigenvalue weighted by Crippen LogP contribution is 2.25. The highest BCUT2D eigenvalue weighted by atomic mass is 79.9. The van der Waals surface area contributed by atoms with Crippen LogP contribution in [0.15, 0.2) is 16.9 Å². The van der Waals surface area contributed by atoms with Crippen LogP contribution < -0.4 is 4.74 Å². The number of aliphatic hydroxyl groups excluding tert-OH is 1. The zero-order valence-electron chi connectivity index (χ0n) is 6.68. The van der Waals surface area contributed by atoms with Crippen LogP contribution in [0, 0.1) is 0 Å². The van der Waals surface area contributed by atoms with Crippen LogP contribution in [0.25, 0.3) is 0 Å². The molecule has 1 aromatic rings. The molecule has 7 heteroatoms. The summed E-state index contributed by atoms with van der Waals surface area (Å²) in [4.78, 5) is 3.57. The second-order valence-corrected chi connectivity index (χ2v) is 3.08. The first-order chi connectivity index (χ1) is 6.42. The van der Waals surface area contributed by atoms with Crippen molar-refractivity contribution in [3.8, 4) is 5.75 Å². The van der Waals surface area contributed by atoms with E-state index in [2.05, 4.69) is 25.7 Å². The van der Waals surface area contributed by atoms with Crippen LogP contribution >= 0.6 is 15.9 Å². The average Bonchev–Trinajstić information content (AvgIpc) is 2.06. The zero-order chi connectivity index (χ0) is 10.8. The van der Waals surface area contributed by atoms with E-state index in [1.165, 1.54) is 0 Å². The van der Waals surface area contributed by atoms with Crippen molar-refractivity contribution < 1.29 is 23.0 Å². The lowest BCUT2D eigenvalue weighted by atomic mass is 10.3. The molecule has 0 saturated carbocycles. The minimum atomic E-state index is -4.75. The van der Waals surface area contributed by atoms with E-state index in [1.807, 2.05) is 0 Å². The van der Waals surface area contributed by atoms with E-state index in [-0.39, 0.29) is 10.2 Å². The van der Waals surface area contributed by atoms with Gasteiger partial charge in [0.1, 0.15) is 10.4 Å². The van der Waals surface area contributed by atoms with Crippen molar-refractivity contribution in [2.24, 2.45) is 0 Å². The van der Waals surface area contributed by atoms with Crippen LogP contribution in [0.5, 0.6) is 5.75 Å². The van der Waals surface area contributed by atoms with E-state index in [4.69, 9.17) is 5.11 Å². The average molecular weight is 272 g/mol. The minimum Gasteiger partial charge on any atom is -0.404 e. The van der Waals surface area contributed by atoms with Gasteiger partial charge >= 0.3 is 6.36 Å². The summed E-state index contributed by atoms with van der Waals surface area (Å²) in [7, 11) is 0. The monoisotopic (exact) mass is 271 g/mol. The van der Waals surface area contributed by atoms with Gasteiger partial charge in [-0.05, 0) is 22.0 Å². The fourth-order valence-corrected chi connectivity index (χ4v) is 1.11. The predicted molar refractivity (Wildman–Crippen MR) is 44.5 cm³/mol. The minimum absolute atomic E-state index is 0.228. The number of aromatic nitrogens is 1. The third-order valence-corrected chi connectivity index (χ3v) is 2.00. The highest BCUT2D eigenvalue weighted by Gasteiger charge is 2.31. The van der Waals surface area contributed by atoms with Crippen LogP contribution in [0.4, 0.5) is 13.2 Å². The van der Waals surface area contributed by atoms with E-state index >= 15 is 0 Å². The van der Waals surface area contributed by atoms with E-state index in [0.717, 1.165) is 12.3 Å². The van der Waals surface area contributed by atoms with Gasteiger partial charge in [-0.25, -0.2) is 4.98 Å². The fourth-order valence-electron chi connectivity index (χ4n) is 0.772. The van der Waals surface area contributed by atoms with Crippen molar-refractivity contribution in [3.05, 3.63) is 22.4 Å². The molecule has 0 radical (unpaired) electrons. The van der Waals surface area contributed by atoms with Gasteiger partial charge in [0.2, 0.25) is 0 Å². The number of ether oxygens (including phenoxy) is 1. The van der Waals surface area contributed by atoms with E-state index < -0.39 is 18.7 Å². The summed E-state index contributed by atoms with van der Waals surface area (Å²) >= 11 is 2.96. The molecule has 0 saturated heterocycles. The van der Waals surface area contributed by atoms with Crippen LogP contribution in [0.1, 0.15) is 5.56 Å². The third-order valence-electron chi connectivity index (χ3n) is 1.29. The van der Waals surface area contributed by atoms with Gasteiger partial charge in [-0.15, -0.1) is 13.2 Å². The van der Waals surface area contributed by atoms with Gasteiger partial charge in [0.15, 0.2) is 0 Å². The Balaban J connectivity index is 2.90. The summed E-state index contributed by atoms with van der Waals surface area (Å²) in [6, 6.07) is 1.06. The molecule has 0 amide bonds. The van der Waals surface area contributed by atoms with E-state index in [9.17, 15) is 13.2 Å². The topological polar surface area (TPSA) is 42.4 Å². The zero-order valence-corrected chi connectivity index (χ0v) is 8.26. The SMILES string of the molecule is OCc1cc(OC(F)(F)F)cnc1Br. The number of nitrogens with zero attached hydrogens (tertiary/aromatic N) is 1. The van der Waals surface area contributed by atoms with Gasteiger partial charge in [0.25, 0.3) is 0 Å². The summed E-state index contributed by atoms with van der Waals surface area (Å²) in [5, 5.41) is 8.73. The van der Waals surface area contributed by atoms with E-state index in [1.54, 1.807) is 0 Å². The molecule has 1 heterocycles. The molecule has 0 bridgehead atoms. The lowest BCUT2D eigenvalue weighted by Crippen LogP contribution is -2.17. The maximum absolute atomic E-state index is 11.8. The Kier molecular flexibility index (Phi) is 3.33. The maximum atomic E-state index is 11.8. The summed E-state index contributed by atoms with van der Waals surface area (Å²) in [6.45, 7) is -0.414. The number of pyridine rings is 1. The summed E-state index contributed by atoms with van der Waals surface area (Å²) in [5.74, 6) is -0.454. The Bertz CT molecular complexity index is 329.